The molecule has 0 aliphatic carbocycles. The lowest BCUT2D eigenvalue weighted by Crippen LogP contribution is -1.91. The number of hydrogen-bond acceptors (Lipinski definition) is 1. The molecular formula is C11H5Cl2F2N. The summed E-state index contributed by atoms with van der Waals surface area (Å²) in [6, 6.07) is 5.30. The van der Waals surface area contributed by atoms with Crippen molar-refractivity contribution >= 4 is 23.2 Å². The molecule has 0 bridgehead atoms. The molecule has 0 spiro atoms. The van der Waals surface area contributed by atoms with Gasteiger partial charge >= 0.3 is 0 Å². The molecule has 0 saturated heterocycles. The molecule has 0 fully saturated rings. The van der Waals surface area contributed by atoms with E-state index in [9.17, 15) is 8.78 Å². The van der Waals surface area contributed by atoms with Crippen molar-refractivity contribution in [2.24, 2.45) is 0 Å². The number of nitrogens with zero attached hydrogens (tertiary/aromatic N) is 1. The van der Waals surface area contributed by atoms with E-state index in [-0.39, 0.29) is 5.69 Å². The van der Waals surface area contributed by atoms with Gasteiger partial charge in [0.15, 0.2) is 5.82 Å². The fourth-order valence-corrected chi connectivity index (χ4v) is 1.84. The summed E-state index contributed by atoms with van der Waals surface area (Å²) in [5.41, 5.74) is 0.431. The fourth-order valence-electron chi connectivity index (χ4n) is 1.32. The zero-order chi connectivity index (χ0) is 11.7. The molecule has 0 unspecified atom stereocenters. The molecule has 0 amide bonds. The Balaban J connectivity index is 2.58. The van der Waals surface area contributed by atoms with Crippen molar-refractivity contribution < 1.29 is 8.78 Å². The van der Waals surface area contributed by atoms with E-state index in [0.29, 0.717) is 15.6 Å². The van der Waals surface area contributed by atoms with E-state index < -0.39 is 11.6 Å². The quantitative estimate of drug-likeness (QED) is 0.743. The van der Waals surface area contributed by atoms with Crippen LogP contribution in [0, 0.1) is 11.6 Å². The van der Waals surface area contributed by atoms with E-state index in [1.807, 2.05) is 0 Å². The van der Waals surface area contributed by atoms with Gasteiger partial charge in [-0.15, -0.1) is 0 Å². The summed E-state index contributed by atoms with van der Waals surface area (Å²) >= 11 is 11.5. The van der Waals surface area contributed by atoms with Gasteiger partial charge in [0, 0.05) is 21.7 Å². The van der Waals surface area contributed by atoms with Crippen molar-refractivity contribution in [3.05, 3.63) is 52.1 Å². The van der Waals surface area contributed by atoms with Crippen molar-refractivity contribution in [3.63, 3.8) is 0 Å². The van der Waals surface area contributed by atoms with Gasteiger partial charge in [-0.3, -0.25) is 4.98 Å². The fraction of sp³-hybridized carbons (Fsp3) is 0. The zero-order valence-electron chi connectivity index (χ0n) is 7.85. The third-order valence-electron chi connectivity index (χ3n) is 1.94. The zero-order valence-corrected chi connectivity index (χ0v) is 9.36. The minimum Gasteiger partial charge on any atom is -0.250 e. The Morgan fingerprint density at radius 1 is 0.938 bits per heavy atom. The van der Waals surface area contributed by atoms with Gasteiger partial charge in [0.1, 0.15) is 11.5 Å². The lowest BCUT2D eigenvalue weighted by atomic mass is 10.1. The summed E-state index contributed by atoms with van der Waals surface area (Å²) < 4.78 is 26.1. The first-order chi connectivity index (χ1) is 7.56. The first-order valence-corrected chi connectivity index (χ1v) is 5.09. The Morgan fingerprint density at radius 3 is 2.12 bits per heavy atom. The summed E-state index contributed by atoms with van der Waals surface area (Å²) in [4.78, 5) is 3.66. The van der Waals surface area contributed by atoms with Gasteiger partial charge in [-0.2, -0.15) is 0 Å². The molecule has 5 heteroatoms. The molecule has 0 aliphatic heterocycles. The Labute approximate surface area is 101 Å². The Bertz CT molecular complexity index is 523. The average molecular weight is 260 g/mol. The van der Waals surface area contributed by atoms with Gasteiger partial charge < -0.3 is 0 Å². The lowest BCUT2D eigenvalue weighted by molar-refractivity contribution is 0.576. The molecule has 1 nitrogen and oxygen atoms in total. The minimum absolute atomic E-state index is 0.0193. The van der Waals surface area contributed by atoms with Crippen molar-refractivity contribution in [2.45, 2.75) is 0 Å². The monoisotopic (exact) mass is 259 g/mol. The highest BCUT2D eigenvalue weighted by molar-refractivity contribution is 6.35. The maximum absolute atomic E-state index is 13.4. The molecule has 0 atom stereocenters. The molecule has 16 heavy (non-hydrogen) atoms. The van der Waals surface area contributed by atoms with Crippen LogP contribution in [0.25, 0.3) is 11.3 Å². The second kappa shape index (κ2) is 4.36. The van der Waals surface area contributed by atoms with Crippen molar-refractivity contribution in [1.29, 1.82) is 0 Å². The maximum Gasteiger partial charge on any atom is 0.152 e. The Morgan fingerprint density at radius 2 is 1.56 bits per heavy atom. The van der Waals surface area contributed by atoms with E-state index in [1.54, 1.807) is 0 Å². The molecule has 1 aromatic heterocycles. The highest BCUT2D eigenvalue weighted by Crippen LogP contribution is 2.27. The van der Waals surface area contributed by atoms with Crippen LogP contribution in [0.2, 0.25) is 10.0 Å². The standard InChI is InChI=1S/C11H5Cl2F2N/c12-7-1-6(2-8(13)3-7)11-10(15)4-9(14)5-16-11/h1-5H. The van der Waals surface area contributed by atoms with Crippen LogP contribution in [-0.2, 0) is 0 Å². The molecular weight excluding hydrogens is 255 g/mol. The maximum atomic E-state index is 13.4. The summed E-state index contributed by atoms with van der Waals surface area (Å²) in [5, 5.41) is 0.737. The molecule has 0 N–H and O–H groups in total. The molecule has 1 aromatic carbocycles. The first kappa shape index (κ1) is 11.3. The van der Waals surface area contributed by atoms with Crippen LogP contribution in [-0.4, -0.2) is 4.98 Å². The van der Waals surface area contributed by atoms with Gasteiger partial charge in [-0.1, -0.05) is 23.2 Å². The highest BCUT2D eigenvalue weighted by atomic mass is 35.5. The van der Waals surface area contributed by atoms with E-state index in [4.69, 9.17) is 23.2 Å². The molecule has 82 valence electrons. The minimum atomic E-state index is -0.752. The van der Waals surface area contributed by atoms with E-state index in [1.165, 1.54) is 18.2 Å². The predicted octanol–water partition coefficient (Wildman–Crippen LogP) is 4.33. The summed E-state index contributed by atoms with van der Waals surface area (Å²) in [6.07, 6.45) is 0.938. The lowest BCUT2D eigenvalue weighted by Gasteiger charge is -2.03. The number of rotatable bonds is 1. The van der Waals surface area contributed by atoms with Crippen molar-refractivity contribution in [2.75, 3.05) is 0 Å². The van der Waals surface area contributed by atoms with Crippen LogP contribution < -0.4 is 0 Å². The summed E-state index contributed by atoms with van der Waals surface area (Å²) in [7, 11) is 0. The molecule has 1 heterocycles. The van der Waals surface area contributed by atoms with Gasteiger partial charge in [0.2, 0.25) is 0 Å². The number of benzene rings is 1. The van der Waals surface area contributed by atoms with E-state index >= 15 is 0 Å². The van der Waals surface area contributed by atoms with Crippen LogP contribution in [0.5, 0.6) is 0 Å². The van der Waals surface area contributed by atoms with Gasteiger partial charge in [-0.05, 0) is 18.2 Å². The van der Waals surface area contributed by atoms with E-state index in [0.717, 1.165) is 12.3 Å². The number of halogens is 4. The predicted molar refractivity (Wildman–Crippen MR) is 59.6 cm³/mol. The Hall–Kier alpha value is -1.19. The molecule has 0 aliphatic rings. The second-order valence-corrected chi connectivity index (χ2v) is 4.01. The Kier molecular flexibility index (Phi) is 3.08. The number of pyridine rings is 1. The third-order valence-corrected chi connectivity index (χ3v) is 2.38. The summed E-state index contributed by atoms with van der Waals surface area (Å²) in [6.45, 7) is 0. The van der Waals surface area contributed by atoms with Crippen LogP contribution in [0.1, 0.15) is 0 Å². The van der Waals surface area contributed by atoms with Crippen molar-refractivity contribution in [3.8, 4) is 11.3 Å². The molecule has 0 radical (unpaired) electrons. The smallest absolute Gasteiger partial charge is 0.152 e. The van der Waals surface area contributed by atoms with Gasteiger partial charge in [0.05, 0.1) is 6.20 Å². The van der Waals surface area contributed by atoms with Gasteiger partial charge in [0.25, 0.3) is 0 Å². The van der Waals surface area contributed by atoms with E-state index in [2.05, 4.69) is 4.98 Å². The second-order valence-electron chi connectivity index (χ2n) is 3.14. The molecule has 2 aromatic rings. The molecule has 2 rings (SSSR count). The largest absolute Gasteiger partial charge is 0.250 e. The van der Waals surface area contributed by atoms with Crippen LogP contribution in [0.15, 0.2) is 30.5 Å². The van der Waals surface area contributed by atoms with Crippen LogP contribution in [0.3, 0.4) is 0 Å². The SMILES string of the molecule is Fc1cnc(-c2cc(Cl)cc(Cl)c2)c(F)c1. The van der Waals surface area contributed by atoms with Crippen LogP contribution in [0.4, 0.5) is 8.78 Å². The van der Waals surface area contributed by atoms with Crippen LogP contribution >= 0.6 is 23.2 Å². The topological polar surface area (TPSA) is 12.9 Å². The normalized spacial score (nSPS) is 10.5. The van der Waals surface area contributed by atoms with Gasteiger partial charge in [-0.25, -0.2) is 8.78 Å². The molecule has 0 saturated carbocycles. The highest BCUT2D eigenvalue weighted by Gasteiger charge is 2.09. The third kappa shape index (κ3) is 2.31. The number of hydrogen-bond donors (Lipinski definition) is 0. The van der Waals surface area contributed by atoms with Crippen molar-refractivity contribution in [1.82, 2.24) is 4.98 Å². The summed E-state index contributed by atoms with van der Waals surface area (Å²) in [5.74, 6) is -1.48. The number of aromatic nitrogens is 1. The first-order valence-electron chi connectivity index (χ1n) is 4.34. The average Bonchev–Trinajstić information content (AvgIpc) is 2.15.